The Kier molecular flexibility index (Phi) is 13.3. The monoisotopic (exact) mass is 585 g/mol. The Morgan fingerprint density at radius 1 is 1.10 bits per heavy atom. The van der Waals surface area contributed by atoms with Crippen molar-refractivity contribution in [1.82, 2.24) is 25.5 Å². The van der Waals surface area contributed by atoms with E-state index < -0.39 is 0 Å². The van der Waals surface area contributed by atoms with Crippen molar-refractivity contribution in [3.05, 3.63) is 65.3 Å². The number of benzene rings is 1. The van der Waals surface area contributed by atoms with Gasteiger partial charge < -0.3 is 36.6 Å². The Hall–Kier alpha value is -3.55. The molecule has 2 amide bonds. The number of aliphatic imine (C=N–C) groups is 1. The molecule has 1 aromatic carbocycles. The number of methoxy groups -OCH3 is 1. The van der Waals surface area contributed by atoms with Crippen molar-refractivity contribution < 1.29 is 9.53 Å². The molecule has 3 rings (SSSR count). The molecule has 2 heterocycles. The number of carbonyl (C=O) groups excluding carboxylic acids is 1. The Labute approximate surface area is 244 Å². The van der Waals surface area contributed by atoms with Gasteiger partial charge in [0.15, 0.2) is 5.96 Å². The Balaban J connectivity index is 1.28. The number of nitrogens with one attached hydrogen (secondary N) is 2. The summed E-state index contributed by atoms with van der Waals surface area (Å²) in [7, 11) is 3.77. The van der Waals surface area contributed by atoms with Crippen LogP contribution in [-0.4, -0.2) is 79.5 Å². The maximum atomic E-state index is 12.1. The number of aromatic nitrogens is 2. The minimum atomic E-state index is -0.146. The van der Waals surface area contributed by atoms with Gasteiger partial charge in [0.05, 0.1) is 12.8 Å². The fraction of sp³-hybridized carbons (Fsp3) is 0.407. The van der Waals surface area contributed by atoms with E-state index in [1.54, 1.807) is 18.9 Å². The highest BCUT2D eigenvalue weighted by Gasteiger charge is 2.11. The number of rotatable bonds is 17. The van der Waals surface area contributed by atoms with Gasteiger partial charge in [0.2, 0.25) is 5.13 Å². The highest BCUT2D eigenvalue weighted by Crippen LogP contribution is 2.21. The molecule has 0 aliphatic rings. The van der Waals surface area contributed by atoms with Crippen LogP contribution in [0, 0.1) is 0 Å². The number of amides is 2. The van der Waals surface area contributed by atoms with Crippen LogP contribution in [0.1, 0.15) is 17.7 Å². The van der Waals surface area contributed by atoms with Crippen LogP contribution in [0.3, 0.4) is 0 Å². The van der Waals surface area contributed by atoms with Crippen molar-refractivity contribution in [2.45, 2.75) is 18.7 Å². The number of pyridine rings is 1. The number of ether oxygens (including phenoxy) is 1. The van der Waals surface area contributed by atoms with Gasteiger partial charge in [-0.2, -0.15) is 16.8 Å². The van der Waals surface area contributed by atoms with Gasteiger partial charge in [-0.05, 0) is 49.8 Å². The van der Waals surface area contributed by atoms with Crippen LogP contribution in [-0.2, 0) is 12.3 Å². The predicted octanol–water partition coefficient (Wildman–Crippen LogP) is 3.01. The quantitative estimate of drug-likeness (QED) is 0.107. The number of anilines is 1. The number of likely N-dealkylation sites (N-methyl/N-ethyl adjacent to an activating group) is 1. The van der Waals surface area contributed by atoms with E-state index in [4.69, 9.17) is 16.2 Å². The molecule has 0 unspecified atom stereocenters. The summed E-state index contributed by atoms with van der Waals surface area (Å²) in [6, 6.07) is 14.0. The van der Waals surface area contributed by atoms with E-state index in [1.807, 2.05) is 41.9 Å². The molecule has 0 fully saturated rings. The van der Waals surface area contributed by atoms with Crippen LogP contribution in [0.5, 0.6) is 5.75 Å². The smallest absolute Gasteiger partial charge is 0.314 e. The van der Waals surface area contributed by atoms with E-state index in [-0.39, 0.29) is 12.0 Å². The molecule has 216 valence electrons. The molecule has 0 saturated carbocycles. The van der Waals surface area contributed by atoms with Crippen LogP contribution in [0.4, 0.5) is 15.7 Å². The van der Waals surface area contributed by atoms with Gasteiger partial charge in [-0.3, -0.25) is 0 Å². The molecule has 40 heavy (non-hydrogen) atoms. The molecule has 11 nitrogen and oxygen atoms in total. The average molecular weight is 586 g/mol. The molecule has 0 saturated heterocycles. The summed E-state index contributed by atoms with van der Waals surface area (Å²) in [4.78, 5) is 29.5. The van der Waals surface area contributed by atoms with Crippen LogP contribution < -0.4 is 31.7 Å². The first-order valence-corrected chi connectivity index (χ1v) is 15.1. The fourth-order valence-corrected chi connectivity index (χ4v) is 5.28. The zero-order chi connectivity index (χ0) is 28.6. The number of hydrogen-bond donors (Lipinski definition) is 4. The van der Waals surface area contributed by atoms with Gasteiger partial charge in [-0.25, -0.2) is 14.8 Å². The number of urea groups is 1. The van der Waals surface area contributed by atoms with E-state index in [0.717, 1.165) is 61.4 Å². The van der Waals surface area contributed by atoms with Crippen molar-refractivity contribution >= 4 is 46.0 Å². The molecule has 3 aromatic rings. The largest absolute Gasteiger partial charge is 0.497 e. The van der Waals surface area contributed by atoms with Crippen LogP contribution in [0.25, 0.3) is 0 Å². The average Bonchev–Trinajstić information content (AvgIpc) is 3.40. The summed E-state index contributed by atoms with van der Waals surface area (Å²) in [5, 5.41) is 8.32. The molecule has 0 aliphatic heterocycles. The number of carbonyl (C=O) groups is 1. The van der Waals surface area contributed by atoms with Gasteiger partial charge in [-0.1, -0.05) is 18.2 Å². The van der Waals surface area contributed by atoms with Gasteiger partial charge in [0.25, 0.3) is 0 Å². The lowest BCUT2D eigenvalue weighted by molar-refractivity contribution is 0.240. The zero-order valence-corrected chi connectivity index (χ0v) is 24.7. The van der Waals surface area contributed by atoms with Crippen molar-refractivity contribution in [3.8, 4) is 5.75 Å². The summed E-state index contributed by atoms with van der Waals surface area (Å²) in [5.41, 5.74) is 12.9. The molecular weight excluding hydrogens is 546 g/mol. The van der Waals surface area contributed by atoms with Crippen molar-refractivity contribution in [2.75, 3.05) is 57.5 Å². The van der Waals surface area contributed by atoms with Gasteiger partial charge in [0.1, 0.15) is 11.6 Å². The van der Waals surface area contributed by atoms with Gasteiger partial charge >= 0.3 is 6.03 Å². The standard InChI is InChI=1S/C27H39N9O2S2/c1-35(15-16-36(24-6-3-4-11-30-24)18-21-7-9-23(38-2)10-8-21)14-5-12-31-26(37)32-13-17-39-19-22-20-40-27(33-22)34-25(28)29/h3-4,6-11,20H,5,12-19H2,1-2H3,(H2,31,32,37)(H4,28,29,33,34). The molecule has 0 spiro atoms. The zero-order valence-electron chi connectivity index (χ0n) is 23.1. The molecule has 0 atom stereocenters. The van der Waals surface area contributed by atoms with Crippen molar-refractivity contribution in [1.29, 1.82) is 0 Å². The molecule has 6 N–H and O–H groups in total. The molecular formula is C27H39N9O2S2. The van der Waals surface area contributed by atoms with Crippen molar-refractivity contribution in [3.63, 3.8) is 0 Å². The van der Waals surface area contributed by atoms with Crippen molar-refractivity contribution in [2.24, 2.45) is 16.5 Å². The second-order valence-electron chi connectivity index (χ2n) is 9.01. The first-order valence-electron chi connectivity index (χ1n) is 13.0. The van der Waals surface area contributed by atoms with E-state index >= 15 is 0 Å². The highest BCUT2D eigenvalue weighted by atomic mass is 32.2. The lowest BCUT2D eigenvalue weighted by Crippen LogP contribution is -2.38. The molecule has 0 radical (unpaired) electrons. The Morgan fingerprint density at radius 3 is 2.62 bits per heavy atom. The normalized spacial score (nSPS) is 10.8. The number of hydrogen-bond acceptors (Lipinski definition) is 9. The molecule has 0 aliphatic carbocycles. The third kappa shape index (κ3) is 11.7. The topological polar surface area (TPSA) is 147 Å². The van der Waals surface area contributed by atoms with Gasteiger partial charge in [0, 0.05) is 55.8 Å². The van der Waals surface area contributed by atoms with E-state index in [0.29, 0.717) is 18.2 Å². The molecule has 0 bridgehead atoms. The Bertz CT molecular complexity index is 1170. The number of thiazole rings is 1. The maximum Gasteiger partial charge on any atom is 0.314 e. The molecule has 2 aromatic heterocycles. The van der Waals surface area contributed by atoms with E-state index in [2.05, 4.69) is 54.6 Å². The minimum Gasteiger partial charge on any atom is -0.497 e. The van der Waals surface area contributed by atoms with Crippen LogP contribution in [0.2, 0.25) is 0 Å². The summed E-state index contributed by atoms with van der Waals surface area (Å²) in [6.07, 6.45) is 2.69. The first-order chi connectivity index (χ1) is 19.4. The van der Waals surface area contributed by atoms with Gasteiger partial charge in [-0.15, -0.1) is 11.3 Å². The lowest BCUT2D eigenvalue weighted by Gasteiger charge is -2.27. The third-order valence-electron chi connectivity index (χ3n) is 5.81. The summed E-state index contributed by atoms with van der Waals surface area (Å²) < 4.78 is 5.28. The lowest BCUT2D eigenvalue weighted by atomic mass is 10.2. The number of guanidine groups is 1. The van der Waals surface area contributed by atoms with Crippen LogP contribution >= 0.6 is 23.1 Å². The minimum absolute atomic E-state index is 0.00317. The van der Waals surface area contributed by atoms with E-state index in [1.165, 1.54) is 16.9 Å². The SMILES string of the molecule is COc1ccc(CN(CCN(C)CCCNC(=O)NCCSCc2csc(N=C(N)N)n2)c2ccccn2)cc1. The summed E-state index contributed by atoms with van der Waals surface area (Å²) in [5.74, 6) is 3.33. The molecule has 13 heteroatoms. The highest BCUT2D eigenvalue weighted by molar-refractivity contribution is 7.98. The van der Waals surface area contributed by atoms with Crippen LogP contribution in [0.15, 0.2) is 59.0 Å². The summed E-state index contributed by atoms with van der Waals surface area (Å²) in [6.45, 7) is 4.55. The number of thioether (sulfide) groups is 1. The first kappa shape index (κ1) is 31.0. The second-order valence-corrected chi connectivity index (χ2v) is 10.9. The Morgan fingerprint density at radius 2 is 1.90 bits per heavy atom. The number of nitrogens with two attached hydrogens (primary N) is 2. The van der Waals surface area contributed by atoms with E-state index in [9.17, 15) is 4.79 Å². The maximum absolute atomic E-state index is 12.1. The number of nitrogens with zero attached hydrogens (tertiary/aromatic N) is 5. The third-order valence-corrected chi connectivity index (χ3v) is 7.58. The predicted molar refractivity (Wildman–Crippen MR) is 166 cm³/mol. The fourth-order valence-electron chi connectivity index (χ4n) is 3.72. The second kappa shape index (κ2) is 17.2. The summed E-state index contributed by atoms with van der Waals surface area (Å²) >= 11 is 3.09.